The van der Waals surface area contributed by atoms with Crippen LogP contribution in [0.3, 0.4) is 0 Å². The van der Waals surface area contributed by atoms with Crippen LogP contribution in [0.25, 0.3) is 0 Å². The van der Waals surface area contributed by atoms with E-state index in [0.717, 1.165) is 34.9 Å². The number of aliphatic hydroxyl groups excluding tert-OH is 5. The van der Waals surface area contributed by atoms with Gasteiger partial charge in [-0.15, -0.1) is 0 Å². The Balaban J connectivity index is -0.0000000122. The molecule has 0 aromatic heterocycles. The van der Waals surface area contributed by atoms with Gasteiger partial charge in [-0.3, -0.25) is 0 Å². The van der Waals surface area contributed by atoms with Gasteiger partial charge in [0.2, 0.25) is 0 Å². The third kappa shape index (κ3) is 603. The smallest absolute Gasteiger partial charge is 0.0428 e. The molecule has 0 aliphatic carbocycles. The van der Waals surface area contributed by atoms with Gasteiger partial charge in [-0.1, -0.05) is 6.92 Å². The Hall–Kier alpha value is 0.514. The van der Waals surface area contributed by atoms with Crippen molar-refractivity contribution in [3.63, 3.8) is 0 Å². The van der Waals surface area contributed by atoms with Crippen molar-refractivity contribution < 1.29 is 47.3 Å². The van der Waals surface area contributed by atoms with E-state index in [1.807, 2.05) is 6.92 Å². The largest absolute Gasteiger partial charge is 0.400 e. The maximum atomic E-state index is 7.88. The Morgan fingerprint density at radius 1 is 0.692 bits per heavy atom. The van der Waals surface area contributed by atoms with Crippen molar-refractivity contribution in [2.75, 3.05) is 35.0 Å². The van der Waals surface area contributed by atoms with Gasteiger partial charge in [-0.2, -0.15) is 0 Å². The summed E-state index contributed by atoms with van der Waals surface area (Å²) in [6, 6.07) is 0. The van der Waals surface area contributed by atoms with Gasteiger partial charge in [0, 0.05) is 56.8 Å². The Morgan fingerprint density at radius 3 is 0.769 bits per heavy atom. The second kappa shape index (κ2) is 262. The summed E-state index contributed by atoms with van der Waals surface area (Å²) in [5, 5.41) is 35.9. The first kappa shape index (κ1) is 37.5. The predicted octanol–water partition coefficient (Wildman–Crippen LogP) is -1.18. The molecule has 0 heterocycles. The molecular weight excluding hydrogens is 212 g/mol. The molecule has 13 heavy (non-hydrogen) atoms. The van der Waals surface area contributed by atoms with Crippen LogP contribution in [0, 0.1) is 0 Å². The zero-order chi connectivity index (χ0) is 11.4. The summed E-state index contributed by atoms with van der Waals surface area (Å²) in [5.74, 6) is 0. The average Bonchev–Trinajstić information content (AvgIpc) is 2.29. The Kier molecular flexibility index (Phi) is 757. The monoisotopic (exact) mass is 236 g/mol. The molecule has 0 rings (SSSR count). The van der Waals surface area contributed by atoms with Crippen LogP contribution < -0.4 is 0 Å². The van der Waals surface area contributed by atoms with E-state index in [2.05, 4.69) is 0 Å². The van der Waals surface area contributed by atoms with Crippen LogP contribution in [0.1, 0.15) is 13.3 Å². The number of rotatable bonds is 1. The van der Waals surface area contributed by atoms with Gasteiger partial charge in [0.25, 0.3) is 0 Å². The van der Waals surface area contributed by atoms with E-state index < -0.39 is 0 Å². The van der Waals surface area contributed by atoms with Gasteiger partial charge in [-0.25, -0.2) is 0 Å². The minimum Gasteiger partial charge on any atom is -0.400 e. The van der Waals surface area contributed by atoms with E-state index in [0.29, 0.717) is 6.61 Å². The maximum absolute atomic E-state index is 7.88. The maximum Gasteiger partial charge on any atom is 0.0428 e. The van der Waals surface area contributed by atoms with E-state index in [9.17, 15) is 0 Å². The van der Waals surface area contributed by atoms with Gasteiger partial charge < -0.3 is 25.5 Å². The first-order chi connectivity index (χ1) is 5.91. The minimum atomic E-state index is 0. The molecule has 0 spiro atoms. The molecule has 0 amide bonds. The number of aliphatic hydroxyl groups is 5. The van der Waals surface area contributed by atoms with Crippen molar-refractivity contribution in [2.24, 2.45) is 0 Å². The van der Waals surface area contributed by atoms with E-state index in [1.54, 1.807) is 0 Å². The molecule has 0 aliphatic rings. The van der Waals surface area contributed by atoms with Crippen LogP contribution in [-0.4, -0.2) is 60.6 Å². The molecule has 0 bridgehead atoms. The van der Waals surface area contributed by atoms with Gasteiger partial charge in [0.15, 0.2) is 0 Å². The van der Waals surface area contributed by atoms with Gasteiger partial charge in [-0.05, 0) is 6.42 Å². The van der Waals surface area contributed by atoms with E-state index in [-0.39, 0.29) is 21.7 Å². The SMILES string of the molecule is CCCO.CO.CO.CO.CO.[Ti]. The van der Waals surface area contributed by atoms with Crippen molar-refractivity contribution in [3.8, 4) is 0 Å². The first-order valence-electron chi connectivity index (χ1n) is 3.31. The van der Waals surface area contributed by atoms with Crippen LogP contribution in [0.2, 0.25) is 0 Å². The quantitative estimate of drug-likeness (QED) is 0.369. The molecule has 86 valence electrons. The topological polar surface area (TPSA) is 101 Å². The Bertz CT molecular complexity index is 18.8. The number of hydrogen-bond acceptors (Lipinski definition) is 5. The van der Waals surface area contributed by atoms with Crippen molar-refractivity contribution >= 4 is 0 Å². The summed E-state index contributed by atoms with van der Waals surface area (Å²) in [6.45, 7) is 2.25. The molecule has 0 radical (unpaired) electrons. The molecule has 0 aromatic carbocycles. The molecule has 0 saturated carbocycles. The molecule has 0 saturated heterocycles. The zero-order valence-corrected chi connectivity index (χ0v) is 10.7. The predicted molar refractivity (Wildman–Crippen MR) is 49.9 cm³/mol. The van der Waals surface area contributed by atoms with Gasteiger partial charge >= 0.3 is 0 Å². The molecular formula is C7H24O5Ti. The summed E-state index contributed by atoms with van der Waals surface area (Å²) in [6.07, 6.45) is 0.875. The summed E-state index contributed by atoms with van der Waals surface area (Å²) < 4.78 is 0. The molecule has 0 atom stereocenters. The molecule has 0 fully saturated rings. The summed E-state index contributed by atoms with van der Waals surface area (Å²) >= 11 is 0. The third-order valence-corrected chi connectivity index (χ3v) is 0.224. The second-order valence-electron chi connectivity index (χ2n) is 0.724. The molecule has 0 aromatic rings. The van der Waals surface area contributed by atoms with Crippen molar-refractivity contribution in [2.45, 2.75) is 13.3 Å². The standard InChI is InChI=1S/C3H8O.4CH4O.Ti/c1-2-3-4;4*1-2;/h4H,2-3H2,1H3;4*2H,1H3;. The Labute approximate surface area is 95.9 Å². The summed E-state index contributed by atoms with van der Waals surface area (Å²) in [5.41, 5.74) is 0. The van der Waals surface area contributed by atoms with Crippen LogP contribution in [0.15, 0.2) is 0 Å². The third-order valence-electron chi connectivity index (χ3n) is 0.224. The van der Waals surface area contributed by atoms with Crippen LogP contribution >= 0.6 is 0 Å². The van der Waals surface area contributed by atoms with Gasteiger partial charge in [0.1, 0.15) is 0 Å². The fraction of sp³-hybridized carbons (Fsp3) is 1.00. The molecule has 0 aliphatic heterocycles. The summed E-state index contributed by atoms with van der Waals surface area (Å²) in [7, 11) is 4.00. The van der Waals surface area contributed by atoms with Crippen LogP contribution in [0.5, 0.6) is 0 Å². The first-order valence-corrected chi connectivity index (χ1v) is 3.31. The van der Waals surface area contributed by atoms with E-state index >= 15 is 0 Å². The molecule has 5 nitrogen and oxygen atoms in total. The zero-order valence-electron chi connectivity index (χ0n) is 9.15. The fourth-order valence-electron chi connectivity index (χ4n) is 0. The molecule has 5 N–H and O–H groups in total. The molecule has 6 heteroatoms. The van der Waals surface area contributed by atoms with Gasteiger partial charge in [0.05, 0.1) is 0 Å². The normalized spacial score (nSPS) is 4.15. The number of hydrogen-bond donors (Lipinski definition) is 5. The second-order valence-corrected chi connectivity index (χ2v) is 0.724. The van der Waals surface area contributed by atoms with E-state index in [1.165, 1.54) is 0 Å². The fourth-order valence-corrected chi connectivity index (χ4v) is 0. The Morgan fingerprint density at radius 2 is 0.769 bits per heavy atom. The van der Waals surface area contributed by atoms with Crippen molar-refractivity contribution in [1.29, 1.82) is 0 Å². The molecule has 0 unspecified atom stereocenters. The van der Waals surface area contributed by atoms with Crippen LogP contribution in [0.4, 0.5) is 0 Å². The summed E-state index contributed by atoms with van der Waals surface area (Å²) in [4.78, 5) is 0. The average molecular weight is 236 g/mol. The minimum absolute atomic E-state index is 0. The van der Waals surface area contributed by atoms with Crippen molar-refractivity contribution in [3.05, 3.63) is 0 Å². The van der Waals surface area contributed by atoms with E-state index in [4.69, 9.17) is 25.5 Å². The van der Waals surface area contributed by atoms with Crippen molar-refractivity contribution in [1.82, 2.24) is 0 Å². The van der Waals surface area contributed by atoms with Crippen LogP contribution in [-0.2, 0) is 21.7 Å².